The quantitative estimate of drug-likeness (QED) is 0.157. The fourth-order valence-corrected chi connectivity index (χ4v) is 7.36. The number of benzene rings is 2. The molecule has 2 N–H and O–H groups in total. The van der Waals surface area contributed by atoms with E-state index < -0.39 is 17.6 Å². The van der Waals surface area contributed by atoms with Gasteiger partial charge in [-0.15, -0.1) is 0 Å². The van der Waals surface area contributed by atoms with Gasteiger partial charge >= 0.3 is 6.18 Å². The van der Waals surface area contributed by atoms with Crippen LogP contribution in [0.1, 0.15) is 105 Å². The SMILES string of the molecule is Cc1nc2ncccc2cc1C(=O)NCc1ccc(C2=CCOCC2)c(C(F)(F)F)c1.Cc1nc2ncccc2cc1C(=O)N[C@@H](C)c1ccc(C2=CCCCC2)cc1. The smallest absolute Gasteiger partial charge is 0.377 e. The Morgan fingerprint density at radius 1 is 0.780 bits per heavy atom. The molecule has 8 rings (SSSR count). The molecule has 2 amide bonds. The van der Waals surface area contributed by atoms with E-state index in [1.807, 2.05) is 32.0 Å². The van der Waals surface area contributed by atoms with Crippen molar-refractivity contribution in [2.45, 2.75) is 71.6 Å². The van der Waals surface area contributed by atoms with Crippen molar-refractivity contribution in [3.8, 4) is 0 Å². The van der Waals surface area contributed by atoms with Crippen LogP contribution in [-0.4, -0.2) is 45.0 Å². The third-order valence-electron chi connectivity index (χ3n) is 10.6. The summed E-state index contributed by atoms with van der Waals surface area (Å²) in [5.74, 6) is -0.511. The van der Waals surface area contributed by atoms with Gasteiger partial charge in [0.05, 0.1) is 47.3 Å². The molecule has 0 unspecified atom stereocenters. The molecule has 59 heavy (non-hydrogen) atoms. The minimum Gasteiger partial charge on any atom is -0.377 e. The van der Waals surface area contributed by atoms with E-state index in [0.717, 1.165) is 23.4 Å². The van der Waals surface area contributed by atoms with Gasteiger partial charge in [0.1, 0.15) is 0 Å². The first kappa shape index (κ1) is 40.9. The van der Waals surface area contributed by atoms with E-state index in [4.69, 9.17) is 4.74 Å². The van der Waals surface area contributed by atoms with Crippen molar-refractivity contribution in [1.29, 1.82) is 0 Å². The predicted octanol–water partition coefficient (Wildman–Crippen LogP) is 10.1. The third-order valence-corrected chi connectivity index (χ3v) is 10.6. The first-order valence-electron chi connectivity index (χ1n) is 19.7. The summed E-state index contributed by atoms with van der Waals surface area (Å²) in [5.41, 5.74) is 7.63. The van der Waals surface area contributed by atoms with Gasteiger partial charge in [0.15, 0.2) is 11.3 Å². The summed E-state index contributed by atoms with van der Waals surface area (Å²) in [6.07, 6.45) is 8.21. The molecule has 0 fully saturated rings. The Hall–Kier alpha value is -6.27. The van der Waals surface area contributed by atoms with Gasteiger partial charge in [-0.2, -0.15) is 13.2 Å². The Morgan fingerprint density at radius 3 is 2.03 bits per heavy atom. The normalized spacial score (nSPS) is 14.7. The number of amides is 2. The maximum atomic E-state index is 13.7. The highest BCUT2D eigenvalue weighted by Crippen LogP contribution is 2.37. The number of allylic oxidation sites excluding steroid dienone is 2. The summed E-state index contributed by atoms with van der Waals surface area (Å²) in [6.45, 7) is 6.23. The number of pyridine rings is 4. The minimum absolute atomic E-state index is 0.0329. The maximum Gasteiger partial charge on any atom is 0.417 e. The number of nitrogens with zero attached hydrogens (tertiary/aromatic N) is 4. The largest absolute Gasteiger partial charge is 0.417 e. The number of carbonyl (C=O) groups excluding carboxylic acids is 2. The van der Waals surface area contributed by atoms with Crippen LogP contribution in [0, 0.1) is 13.8 Å². The second kappa shape index (κ2) is 18.1. The molecule has 1 aliphatic carbocycles. The van der Waals surface area contributed by atoms with Gasteiger partial charge in [-0.1, -0.05) is 48.6 Å². The van der Waals surface area contributed by atoms with Crippen LogP contribution in [0.5, 0.6) is 0 Å². The van der Waals surface area contributed by atoms with Crippen molar-refractivity contribution >= 4 is 45.0 Å². The first-order valence-corrected chi connectivity index (χ1v) is 19.7. The van der Waals surface area contributed by atoms with Crippen LogP contribution in [-0.2, 0) is 17.5 Å². The van der Waals surface area contributed by atoms with Gasteiger partial charge in [0.2, 0.25) is 0 Å². The van der Waals surface area contributed by atoms with Gasteiger partial charge in [-0.3, -0.25) is 9.59 Å². The zero-order chi connectivity index (χ0) is 41.5. The number of carbonyl (C=O) groups is 2. The topological polar surface area (TPSA) is 119 Å². The number of ether oxygens (including phenoxy) is 1. The molecule has 0 bridgehead atoms. The summed E-state index contributed by atoms with van der Waals surface area (Å²) >= 11 is 0. The van der Waals surface area contributed by atoms with E-state index in [1.54, 1.807) is 49.7 Å². The highest BCUT2D eigenvalue weighted by molar-refractivity contribution is 5.99. The lowest BCUT2D eigenvalue weighted by molar-refractivity contribution is -0.137. The molecule has 0 saturated heterocycles. The van der Waals surface area contributed by atoms with Crippen LogP contribution in [0.25, 0.3) is 33.2 Å². The second-order valence-corrected chi connectivity index (χ2v) is 14.7. The molecule has 5 heterocycles. The van der Waals surface area contributed by atoms with Crippen molar-refractivity contribution in [2.75, 3.05) is 13.2 Å². The van der Waals surface area contributed by atoms with Gasteiger partial charge in [0, 0.05) is 29.7 Å². The molecular formula is C47H45F3N6O3. The standard InChI is InChI=1S/C24H25N3O.C23H20F3N3O2/c1-16(18-10-12-20(13-11-18)19-7-4-3-5-8-19)27-24(28)22-15-21-9-6-14-25-23(21)26-17(22)2;1-14-19(12-17-3-2-8-27-21(17)29-14)22(30)28-13-15-4-5-18(16-6-9-31-10-7-16)20(11-15)23(24,25)26/h6-7,9-16H,3-5,8H2,1-2H3,(H,27,28);2-6,8,11-12H,7,9-10,13H2,1H3,(H,28,30)/t16-;/m0./s1. The van der Waals surface area contributed by atoms with Crippen molar-refractivity contribution < 1.29 is 27.5 Å². The molecule has 2 aliphatic rings. The van der Waals surface area contributed by atoms with E-state index in [1.165, 1.54) is 36.5 Å². The van der Waals surface area contributed by atoms with E-state index in [-0.39, 0.29) is 24.1 Å². The van der Waals surface area contributed by atoms with Gasteiger partial charge in [-0.25, -0.2) is 19.9 Å². The number of aryl methyl sites for hydroxylation is 2. The number of nitrogens with one attached hydrogen (secondary N) is 2. The highest BCUT2D eigenvalue weighted by atomic mass is 19.4. The van der Waals surface area contributed by atoms with Crippen molar-refractivity contribution in [2.24, 2.45) is 0 Å². The number of hydrogen-bond donors (Lipinski definition) is 2. The number of aromatic nitrogens is 4. The summed E-state index contributed by atoms with van der Waals surface area (Å²) in [5, 5.41) is 7.39. The fourth-order valence-electron chi connectivity index (χ4n) is 7.36. The Bertz CT molecular complexity index is 2570. The van der Waals surface area contributed by atoms with E-state index in [0.29, 0.717) is 70.0 Å². The van der Waals surface area contributed by atoms with Gasteiger partial charge in [-0.05, 0) is 129 Å². The van der Waals surface area contributed by atoms with Crippen LogP contribution in [0.2, 0.25) is 0 Å². The van der Waals surface area contributed by atoms with Crippen LogP contribution in [0.3, 0.4) is 0 Å². The Morgan fingerprint density at radius 2 is 1.44 bits per heavy atom. The number of halogens is 3. The lowest BCUT2D eigenvalue weighted by Gasteiger charge is -2.19. The maximum absolute atomic E-state index is 13.7. The van der Waals surface area contributed by atoms with E-state index in [2.05, 4.69) is 60.9 Å². The summed E-state index contributed by atoms with van der Waals surface area (Å²) < 4.78 is 46.3. The molecule has 9 nitrogen and oxygen atoms in total. The molecular weight excluding hydrogens is 754 g/mol. The Labute approximate surface area is 340 Å². The minimum atomic E-state index is -4.50. The number of alkyl halides is 3. The number of hydrogen-bond acceptors (Lipinski definition) is 7. The number of rotatable bonds is 8. The molecule has 302 valence electrons. The van der Waals surface area contributed by atoms with E-state index in [9.17, 15) is 22.8 Å². The Kier molecular flexibility index (Phi) is 12.6. The monoisotopic (exact) mass is 798 g/mol. The fraction of sp³-hybridized carbons (Fsp3) is 0.277. The van der Waals surface area contributed by atoms with Crippen molar-refractivity contribution in [1.82, 2.24) is 30.6 Å². The van der Waals surface area contributed by atoms with Crippen LogP contribution < -0.4 is 10.6 Å². The molecule has 1 aliphatic heterocycles. The second-order valence-electron chi connectivity index (χ2n) is 14.7. The molecule has 0 saturated carbocycles. The molecule has 4 aromatic heterocycles. The van der Waals surface area contributed by atoms with Crippen LogP contribution in [0.4, 0.5) is 13.2 Å². The lowest BCUT2D eigenvalue weighted by Crippen LogP contribution is -2.27. The average molecular weight is 799 g/mol. The first-order chi connectivity index (χ1) is 28.4. The molecule has 6 aromatic rings. The summed E-state index contributed by atoms with van der Waals surface area (Å²) in [6, 6.07) is 23.5. The summed E-state index contributed by atoms with van der Waals surface area (Å²) in [4.78, 5) is 42.7. The van der Waals surface area contributed by atoms with Crippen molar-refractivity contribution in [3.63, 3.8) is 0 Å². The van der Waals surface area contributed by atoms with Crippen LogP contribution >= 0.6 is 0 Å². The molecule has 0 spiro atoms. The van der Waals surface area contributed by atoms with Crippen molar-refractivity contribution in [3.05, 3.63) is 154 Å². The molecule has 0 radical (unpaired) electrons. The lowest BCUT2D eigenvalue weighted by atomic mass is 9.92. The summed E-state index contributed by atoms with van der Waals surface area (Å²) in [7, 11) is 0. The Balaban J connectivity index is 0.000000180. The number of fused-ring (bicyclic) bond motifs is 2. The zero-order valence-corrected chi connectivity index (χ0v) is 33.2. The molecule has 2 aromatic carbocycles. The van der Waals surface area contributed by atoms with Gasteiger partial charge in [0.25, 0.3) is 11.8 Å². The predicted molar refractivity (Wildman–Crippen MR) is 223 cm³/mol. The van der Waals surface area contributed by atoms with Crippen LogP contribution in [0.15, 0.2) is 103 Å². The third kappa shape index (κ3) is 9.89. The molecule has 1 atom stereocenters. The van der Waals surface area contributed by atoms with E-state index >= 15 is 0 Å². The van der Waals surface area contributed by atoms with Gasteiger partial charge < -0.3 is 15.4 Å². The highest BCUT2D eigenvalue weighted by Gasteiger charge is 2.34. The molecule has 12 heteroatoms. The average Bonchev–Trinajstić information content (AvgIpc) is 3.25. The zero-order valence-electron chi connectivity index (χ0n) is 33.2.